The van der Waals surface area contributed by atoms with Gasteiger partial charge in [-0.15, -0.1) is 0 Å². The number of sulfonamides is 1. The van der Waals surface area contributed by atoms with Crippen molar-refractivity contribution in [3.05, 3.63) is 65.2 Å². The number of rotatable bonds is 13. The fourth-order valence-corrected chi connectivity index (χ4v) is 6.59. The van der Waals surface area contributed by atoms with Crippen LogP contribution in [0.2, 0.25) is 0 Å². The summed E-state index contributed by atoms with van der Waals surface area (Å²) < 4.78 is 55.0. The van der Waals surface area contributed by atoms with Gasteiger partial charge in [-0.1, -0.05) is 27.7 Å². The van der Waals surface area contributed by atoms with Gasteiger partial charge in [0.25, 0.3) is 5.91 Å². The summed E-state index contributed by atoms with van der Waals surface area (Å²) in [7, 11) is -3.69. The molecule has 1 heterocycles. The molecule has 2 aromatic carbocycles. The van der Waals surface area contributed by atoms with E-state index in [0.717, 1.165) is 25.0 Å². The van der Waals surface area contributed by atoms with Gasteiger partial charge in [-0.2, -0.15) is 4.31 Å². The first-order valence-electron chi connectivity index (χ1n) is 14.2. The quantitative estimate of drug-likeness (QED) is 0.276. The number of benzene rings is 2. The van der Waals surface area contributed by atoms with Crippen LogP contribution < -0.4 is 10.6 Å². The van der Waals surface area contributed by atoms with Gasteiger partial charge in [0.15, 0.2) is 0 Å². The first kappa shape index (κ1) is 33.6. The second kappa shape index (κ2) is 14.5. The van der Waals surface area contributed by atoms with Crippen LogP contribution in [0.4, 0.5) is 8.78 Å². The van der Waals surface area contributed by atoms with Crippen LogP contribution in [0.3, 0.4) is 0 Å². The van der Waals surface area contributed by atoms with Crippen molar-refractivity contribution in [1.82, 2.24) is 14.9 Å². The molecular formula is C30H41F2N3O6S. The molecule has 0 spiro atoms. The Balaban J connectivity index is 1.86. The molecule has 2 amide bonds. The van der Waals surface area contributed by atoms with E-state index in [1.807, 2.05) is 13.8 Å². The first-order valence-corrected chi connectivity index (χ1v) is 15.6. The molecule has 42 heavy (non-hydrogen) atoms. The predicted molar refractivity (Wildman–Crippen MR) is 154 cm³/mol. The Morgan fingerprint density at radius 2 is 1.50 bits per heavy atom. The van der Waals surface area contributed by atoms with Crippen molar-refractivity contribution in [1.29, 1.82) is 0 Å². The van der Waals surface area contributed by atoms with Crippen molar-refractivity contribution >= 4 is 21.8 Å². The van der Waals surface area contributed by atoms with E-state index in [4.69, 9.17) is 0 Å². The maximum atomic E-state index is 14.0. The van der Waals surface area contributed by atoms with E-state index < -0.39 is 63.6 Å². The van der Waals surface area contributed by atoms with Crippen LogP contribution in [0.5, 0.6) is 0 Å². The second-order valence-corrected chi connectivity index (χ2v) is 13.5. The number of halogens is 2. The molecule has 0 aliphatic carbocycles. The third-order valence-electron chi connectivity index (χ3n) is 7.35. The molecule has 0 aromatic heterocycles. The Morgan fingerprint density at radius 3 is 2.02 bits per heavy atom. The normalized spacial score (nSPS) is 17.2. The summed E-state index contributed by atoms with van der Waals surface area (Å²) in [6, 6.07) is 6.82. The minimum absolute atomic E-state index is 0.0374. The Kier molecular flexibility index (Phi) is 11.6. The molecule has 4 atom stereocenters. The molecule has 1 aliphatic heterocycles. The lowest BCUT2D eigenvalue weighted by atomic mass is 9.83. The zero-order valence-corrected chi connectivity index (χ0v) is 25.2. The van der Waals surface area contributed by atoms with Gasteiger partial charge in [0.1, 0.15) is 17.7 Å². The van der Waals surface area contributed by atoms with Gasteiger partial charge in [-0.05, 0) is 73.1 Å². The van der Waals surface area contributed by atoms with Gasteiger partial charge in [0.2, 0.25) is 15.9 Å². The van der Waals surface area contributed by atoms with E-state index >= 15 is 0 Å². The van der Waals surface area contributed by atoms with Crippen molar-refractivity contribution in [3.8, 4) is 0 Å². The maximum absolute atomic E-state index is 14.0. The van der Waals surface area contributed by atoms with Crippen molar-refractivity contribution < 1.29 is 37.0 Å². The van der Waals surface area contributed by atoms with Crippen LogP contribution in [-0.4, -0.2) is 72.6 Å². The SMILES string of the molecule is CC(C)CNC(=O)[C@H](C(C)C)[C@@H](O)[C@H](O)[C@H](Cc1cc(F)cc(F)c1)NC(=O)c1ccc(S(=O)(=O)N2CCCC2)cc1. The molecular weight excluding hydrogens is 568 g/mol. The highest BCUT2D eigenvalue weighted by Crippen LogP contribution is 2.24. The van der Waals surface area contributed by atoms with Crippen molar-refractivity contribution in [2.45, 2.75) is 70.1 Å². The number of nitrogens with one attached hydrogen (secondary N) is 2. The van der Waals surface area contributed by atoms with E-state index in [1.165, 1.54) is 28.6 Å². The van der Waals surface area contributed by atoms with Gasteiger partial charge in [-0.3, -0.25) is 9.59 Å². The molecule has 2 aromatic rings. The summed E-state index contributed by atoms with van der Waals surface area (Å²) in [5, 5.41) is 27.8. The fourth-order valence-electron chi connectivity index (χ4n) is 5.07. The van der Waals surface area contributed by atoms with Crippen LogP contribution in [0.25, 0.3) is 0 Å². The van der Waals surface area contributed by atoms with Gasteiger partial charge in [0, 0.05) is 31.3 Å². The summed E-state index contributed by atoms with van der Waals surface area (Å²) in [5.41, 5.74) is 0.184. The number of aliphatic hydroxyl groups excluding tert-OH is 2. The zero-order valence-electron chi connectivity index (χ0n) is 24.4. The van der Waals surface area contributed by atoms with Crippen molar-refractivity contribution in [2.24, 2.45) is 17.8 Å². The summed E-state index contributed by atoms with van der Waals surface area (Å²) in [4.78, 5) is 26.2. The zero-order chi connectivity index (χ0) is 31.2. The number of nitrogens with zero attached hydrogens (tertiary/aromatic N) is 1. The predicted octanol–water partition coefficient (Wildman–Crippen LogP) is 2.86. The van der Waals surface area contributed by atoms with Crippen molar-refractivity contribution in [2.75, 3.05) is 19.6 Å². The van der Waals surface area contributed by atoms with Crippen molar-refractivity contribution in [3.63, 3.8) is 0 Å². The molecule has 4 N–H and O–H groups in total. The molecule has 0 bridgehead atoms. The molecule has 0 saturated carbocycles. The lowest BCUT2D eigenvalue weighted by Crippen LogP contribution is -2.55. The van der Waals surface area contributed by atoms with E-state index in [2.05, 4.69) is 10.6 Å². The number of aliphatic hydroxyl groups is 2. The second-order valence-electron chi connectivity index (χ2n) is 11.6. The molecule has 0 unspecified atom stereocenters. The van der Waals surface area contributed by atoms with E-state index in [1.54, 1.807) is 13.8 Å². The summed E-state index contributed by atoms with van der Waals surface area (Å²) in [6.07, 6.45) is -2.04. The van der Waals surface area contributed by atoms with E-state index in [0.29, 0.717) is 25.7 Å². The summed E-state index contributed by atoms with van der Waals surface area (Å²) in [5.74, 6) is -4.18. The van der Waals surface area contributed by atoms with Crippen LogP contribution in [0.15, 0.2) is 47.4 Å². The Morgan fingerprint density at radius 1 is 0.929 bits per heavy atom. The van der Waals surface area contributed by atoms with Gasteiger partial charge in [0.05, 0.1) is 23.0 Å². The van der Waals surface area contributed by atoms with Crippen LogP contribution in [-0.2, 0) is 21.2 Å². The Labute approximate surface area is 246 Å². The summed E-state index contributed by atoms with van der Waals surface area (Å²) >= 11 is 0. The smallest absolute Gasteiger partial charge is 0.251 e. The third-order valence-corrected chi connectivity index (χ3v) is 9.26. The largest absolute Gasteiger partial charge is 0.390 e. The highest BCUT2D eigenvalue weighted by molar-refractivity contribution is 7.89. The Hall–Kier alpha value is -2.93. The van der Waals surface area contributed by atoms with Gasteiger partial charge >= 0.3 is 0 Å². The Bertz CT molecular complexity index is 1310. The number of amides is 2. The topological polar surface area (TPSA) is 136 Å². The lowest BCUT2D eigenvalue weighted by Gasteiger charge is -2.33. The fraction of sp³-hybridized carbons (Fsp3) is 0.533. The minimum Gasteiger partial charge on any atom is -0.390 e. The molecule has 1 fully saturated rings. The van der Waals surface area contributed by atoms with Gasteiger partial charge < -0.3 is 20.8 Å². The number of carbonyl (C=O) groups excluding carboxylic acids is 2. The van der Waals surface area contributed by atoms with Crippen LogP contribution in [0, 0.1) is 29.4 Å². The highest BCUT2D eigenvalue weighted by atomic mass is 32.2. The number of hydrogen-bond acceptors (Lipinski definition) is 6. The number of carbonyl (C=O) groups is 2. The average molecular weight is 610 g/mol. The monoisotopic (exact) mass is 609 g/mol. The van der Waals surface area contributed by atoms with Crippen LogP contribution in [0.1, 0.15) is 56.5 Å². The maximum Gasteiger partial charge on any atom is 0.251 e. The molecule has 12 heteroatoms. The van der Waals surface area contributed by atoms with E-state index in [9.17, 15) is 37.0 Å². The third kappa shape index (κ3) is 8.56. The number of hydrogen-bond donors (Lipinski definition) is 4. The molecule has 1 saturated heterocycles. The highest BCUT2D eigenvalue weighted by Gasteiger charge is 2.39. The molecule has 0 radical (unpaired) electrons. The average Bonchev–Trinajstić information content (AvgIpc) is 3.46. The van der Waals surface area contributed by atoms with Crippen LogP contribution >= 0.6 is 0 Å². The minimum atomic E-state index is -3.69. The standard InChI is InChI=1S/C30H41F2N3O6S/c1-18(2)17-33-30(39)26(19(3)4)28(37)27(36)25(15-20-13-22(31)16-23(32)14-20)34-29(38)21-7-9-24(10-8-21)42(40,41)35-11-5-6-12-35/h7-10,13-14,16,18-19,25-28,36-37H,5-6,11-12,15,17H2,1-4H3,(H,33,39)(H,34,38)/t25-,26+,27+,28+/m0/s1. The molecule has 9 nitrogen and oxygen atoms in total. The molecule has 1 aliphatic rings. The molecule has 3 rings (SSSR count). The van der Waals surface area contributed by atoms with Gasteiger partial charge in [-0.25, -0.2) is 17.2 Å². The first-order chi connectivity index (χ1) is 19.7. The summed E-state index contributed by atoms with van der Waals surface area (Å²) in [6.45, 7) is 8.46. The lowest BCUT2D eigenvalue weighted by molar-refractivity contribution is -0.135. The van der Waals surface area contributed by atoms with E-state index in [-0.39, 0.29) is 28.4 Å². The molecule has 232 valence electrons.